The normalized spacial score (nSPS) is 11.6. The van der Waals surface area contributed by atoms with Gasteiger partial charge in [0, 0.05) is 15.2 Å². The zero-order valence-electron chi connectivity index (χ0n) is 5.96. The summed E-state index contributed by atoms with van der Waals surface area (Å²) in [5.41, 5.74) is 0. The summed E-state index contributed by atoms with van der Waals surface area (Å²) < 4.78 is 34.5. The van der Waals surface area contributed by atoms with E-state index in [2.05, 4.69) is 15.9 Å². The lowest BCUT2D eigenvalue weighted by molar-refractivity contribution is 0.417. The summed E-state index contributed by atoms with van der Waals surface area (Å²) in [4.78, 5) is -0.652. The molecule has 1 rings (SSSR count). The fraction of sp³-hybridized carbons (Fsp3) is 0. The van der Waals surface area contributed by atoms with Crippen molar-refractivity contribution in [1.29, 1.82) is 0 Å². The number of halogens is 3. The van der Waals surface area contributed by atoms with Gasteiger partial charge in [-0.15, -0.1) is 0 Å². The summed E-state index contributed by atoms with van der Waals surface area (Å²) in [6, 6.07) is 1.95. The Balaban J connectivity index is 3.56. The second kappa shape index (κ2) is 3.43. The van der Waals surface area contributed by atoms with Gasteiger partial charge in [-0.05, 0) is 12.1 Å². The topological polar surface area (TPSA) is 54.4 Å². The molecule has 0 saturated heterocycles. The lowest BCUT2D eigenvalue weighted by Gasteiger charge is -2.01. The Hall–Kier alpha value is -0.330. The Morgan fingerprint density at radius 1 is 1.46 bits per heavy atom. The van der Waals surface area contributed by atoms with Crippen LogP contribution >= 0.6 is 26.6 Å². The molecule has 3 nitrogen and oxygen atoms in total. The molecule has 0 spiro atoms. The van der Waals surface area contributed by atoms with E-state index >= 15 is 0 Å². The number of rotatable bonds is 1. The molecule has 0 saturated carbocycles. The molecule has 0 atom stereocenters. The van der Waals surface area contributed by atoms with E-state index in [0.717, 1.165) is 12.1 Å². The predicted molar refractivity (Wildman–Crippen MR) is 48.8 cm³/mol. The lowest BCUT2D eigenvalue weighted by Crippen LogP contribution is -1.93. The molecule has 7 heteroatoms. The van der Waals surface area contributed by atoms with E-state index in [1.807, 2.05) is 0 Å². The monoisotopic (exact) mass is 288 g/mol. The Morgan fingerprint density at radius 2 is 2.00 bits per heavy atom. The zero-order chi connectivity index (χ0) is 10.2. The van der Waals surface area contributed by atoms with E-state index < -0.39 is 25.5 Å². The standard InChI is InChI=1S/C6H3BrClFO3S/c7-3-1-4(9)6(10)5(2-3)13(8,11)12/h1-2,10H. The number of hydrogen-bond acceptors (Lipinski definition) is 3. The van der Waals surface area contributed by atoms with Gasteiger partial charge in [0.25, 0.3) is 9.05 Å². The first-order valence-corrected chi connectivity index (χ1v) is 6.05. The van der Waals surface area contributed by atoms with E-state index in [9.17, 15) is 12.8 Å². The van der Waals surface area contributed by atoms with Crippen molar-refractivity contribution in [3.8, 4) is 5.75 Å². The van der Waals surface area contributed by atoms with Crippen LogP contribution in [0.2, 0.25) is 0 Å². The van der Waals surface area contributed by atoms with Crippen LogP contribution in [0.5, 0.6) is 5.75 Å². The first-order chi connectivity index (χ1) is 5.82. The molecule has 0 aliphatic heterocycles. The van der Waals surface area contributed by atoms with Crippen LogP contribution in [-0.4, -0.2) is 13.5 Å². The van der Waals surface area contributed by atoms with Crippen molar-refractivity contribution in [1.82, 2.24) is 0 Å². The van der Waals surface area contributed by atoms with E-state index in [0.29, 0.717) is 0 Å². The van der Waals surface area contributed by atoms with E-state index in [1.54, 1.807) is 0 Å². The zero-order valence-corrected chi connectivity index (χ0v) is 9.12. The quantitative estimate of drug-likeness (QED) is 0.807. The van der Waals surface area contributed by atoms with Gasteiger partial charge < -0.3 is 5.11 Å². The van der Waals surface area contributed by atoms with Gasteiger partial charge in [-0.2, -0.15) is 0 Å². The van der Waals surface area contributed by atoms with Crippen LogP contribution < -0.4 is 0 Å². The van der Waals surface area contributed by atoms with E-state index in [4.69, 9.17) is 15.8 Å². The van der Waals surface area contributed by atoms with Crippen molar-refractivity contribution >= 4 is 35.7 Å². The number of phenols is 1. The minimum atomic E-state index is -4.13. The van der Waals surface area contributed by atoms with Gasteiger partial charge in [0.15, 0.2) is 11.6 Å². The molecule has 0 amide bonds. The fourth-order valence-corrected chi connectivity index (χ4v) is 2.26. The highest BCUT2D eigenvalue weighted by molar-refractivity contribution is 9.10. The van der Waals surface area contributed by atoms with Crippen molar-refractivity contribution in [2.75, 3.05) is 0 Å². The molecule has 1 aromatic rings. The van der Waals surface area contributed by atoms with Crippen LogP contribution in [0.25, 0.3) is 0 Å². The molecular formula is C6H3BrClFO3S. The van der Waals surface area contributed by atoms with Gasteiger partial charge >= 0.3 is 0 Å². The highest BCUT2D eigenvalue weighted by atomic mass is 79.9. The highest BCUT2D eigenvalue weighted by Crippen LogP contribution is 2.31. The third-order valence-electron chi connectivity index (χ3n) is 1.26. The van der Waals surface area contributed by atoms with Crippen LogP contribution in [0.15, 0.2) is 21.5 Å². The van der Waals surface area contributed by atoms with Gasteiger partial charge in [-0.1, -0.05) is 15.9 Å². The van der Waals surface area contributed by atoms with E-state index in [1.165, 1.54) is 0 Å². The predicted octanol–water partition coefficient (Wildman–Crippen LogP) is 2.22. The van der Waals surface area contributed by atoms with Crippen LogP contribution in [0, 0.1) is 5.82 Å². The summed E-state index contributed by atoms with van der Waals surface area (Å²) in [5.74, 6) is -2.02. The van der Waals surface area contributed by atoms with Crippen LogP contribution in [0.3, 0.4) is 0 Å². The summed E-state index contributed by atoms with van der Waals surface area (Å²) in [6.45, 7) is 0. The maximum Gasteiger partial charge on any atom is 0.265 e. The Kier molecular flexibility index (Phi) is 2.84. The minimum Gasteiger partial charge on any atom is -0.504 e. The molecule has 0 aliphatic carbocycles. The van der Waals surface area contributed by atoms with Crippen LogP contribution in [-0.2, 0) is 9.05 Å². The van der Waals surface area contributed by atoms with Gasteiger partial charge in [0.2, 0.25) is 0 Å². The Bertz CT molecular complexity index is 445. The van der Waals surface area contributed by atoms with E-state index in [-0.39, 0.29) is 4.47 Å². The maximum atomic E-state index is 12.8. The summed E-state index contributed by atoms with van der Waals surface area (Å²) >= 11 is 2.87. The maximum absolute atomic E-state index is 12.8. The average Bonchev–Trinajstić information content (AvgIpc) is 1.94. The van der Waals surface area contributed by atoms with Crippen molar-refractivity contribution in [3.63, 3.8) is 0 Å². The molecule has 0 unspecified atom stereocenters. The third-order valence-corrected chi connectivity index (χ3v) is 3.05. The molecule has 1 N–H and O–H groups in total. The van der Waals surface area contributed by atoms with Gasteiger partial charge in [-0.25, -0.2) is 12.8 Å². The molecule has 72 valence electrons. The average molecular weight is 290 g/mol. The molecule has 0 radical (unpaired) electrons. The molecule has 0 fully saturated rings. The Labute approximate surface area is 86.7 Å². The molecule has 13 heavy (non-hydrogen) atoms. The number of phenolic OH excluding ortho intramolecular Hbond substituents is 1. The Morgan fingerprint density at radius 3 is 2.46 bits per heavy atom. The third kappa shape index (κ3) is 2.32. The smallest absolute Gasteiger partial charge is 0.265 e. The van der Waals surface area contributed by atoms with Gasteiger partial charge in [0.1, 0.15) is 4.90 Å². The SMILES string of the molecule is O=S(=O)(Cl)c1cc(Br)cc(F)c1O. The molecular weight excluding hydrogens is 286 g/mol. The molecule has 0 aliphatic rings. The second-order valence-electron chi connectivity index (χ2n) is 2.17. The highest BCUT2D eigenvalue weighted by Gasteiger charge is 2.19. The lowest BCUT2D eigenvalue weighted by atomic mass is 10.3. The molecule has 1 aromatic carbocycles. The number of aromatic hydroxyl groups is 1. The first-order valence-electron chi connectivity index (χ1n) is 2.95. The fourth-order valence-electron chi connectivity index (χ4n) is 0.728. The van der Waals surface area contributed by atoms with Gasteiger partial charge in [-0.3, -0.25) is 0 Å². The molecule has 0 heterocycles. The largest absolute Gasteiger partial charge is 0.504 e. The summed E-state index contributed by atoms with van der Waals surface area (Å²) in [6.07, 6.45) is 0. The number of hydrogen-bond donors (Lipinski definition) is 1. The van der Waals surface area contributed by atoms with Gasteiger partial charge in [0.05, 0.1) is 0 Å². The second-order valence-corrected chi connectivity index (χ2v) is 5.62. The van der Waals surface area contributed by atoms with Crippen LogP contribution in [0.1, 0.15) is 0 Å². The molecule has 0 aromatic heterocycles. The minimum absolute atomic E-state index is 0.182. The van der Waals surface area contributed by atoms with Crippen molar-refractivity contribution in [2.45, 2.75) is 4.90 Å². The molecule has 0 bridgehead atoms. The first kappa shape index (κ1) is 10.7. The van der Waals surface area contributed by atoms with Crippen molar-refractivity contribution < 1.29 is 17.9 Å². The van der Waals surface area contributed by atoms with Crippen LogP contribution in [0.4, 0.5) is 4.39 Å². The number of benzene rings is 1. The summed E-state index contributed by atoms with van der Waals surface area (Å²) in [7, 11) is 0.806. The van der Waals surface area contributed by atoms with Crippen molar-refractivity contribution in [3.05, 3.63) is 22.4 Å². The van der Waals surface area contributed by atoms with Crippen molar-refractivity contribution in [2.24, 2.45) is 0 Å². The summed E-state index contributed by atoms with van der Waals surface area (Å²) in [5, 5.41) is 9.00.